The molecule has 0 fully saturated rings. The van der Waals surface area contributed by atoms with Gasteiger partial charge in [0.05, 0.1) is 5.57 Å². The molecule has 5 rings (SSSR count). The summed E-state index contributed by atoms with van der Waals surface area (Å²) >= 11 is 0. The number of anilines is 1. The normalized spacial score (nSPS) is 16.6. The second-order valence-electron chi connectivity index (χ2n) is 7.70. The lowest BCUT2D eigenvalue weighted by Gasteiger charge is -2.07. The smallest absolute Gasteiger partial charge is 0.260 e. The molecule has 1 aromatic heterocycles. The third-order valence-electron chi connectivity index (χ3n) is 5.61. The number of fused-ring (bicyclic) bond motifs is 2. The van der Waals surface area contributed by atoms with Crippen LogP contribution in [-0.2, 0) is 29.0 Å². The molecule has 0 atom stereocenters. The highest BCUT2D eigenvalue weighted by Gasteiger charge is 2.32. The fourth-order valence-corrected chi connectivity index (χ4v) is 4.06. The third kappa shape index (κ3) is 3.94. The molecule has 0 spiro atoms. The van der Waals surface area contributed by atoms with E-state index in [4.69, 9.17) is 4.74 Å². The Morgan fingerprint density at radius 1 is 1.03 bits per heavy atom. The highest BCUT2D eigenvalue weighted by molar-refractivity contribution is 6.36. The van der Waals surface area contributed by atoms with E-state index in [0.717, 1.165) is 42.8 Å². The van der Waals surface area contributed by atoms with Crippen LogP contribution in [0.5, 0.6) is 0 Å². The van der Waals surface area contributed by atoms with Crippen molar-refractivity contribution >= 4 is 22.9 Å². The number of aromatic nitrogens is 1. The van der Waals surface area contributed by atoms with Crippen LogP contribution >= 0.6 is 0 Å². The predicted molar refractivity (Wildman–Crippen MR) is 118 cm³/mol. The zero-order valence-electron chi connectivity index (χ0n) is 17.0. The Bertz CT molecular complexity index is 1170. The van der Waals surface area contributed by atoms with Gasteiger partial charge in [0.2, 0.25) is 0 Å². The lowest BCUT2D eigenvalue weighted by Crippen LogP contribution is -2.20. The number of ether oxygens (including phenoxy) is 1. The van der Waals surface area contributed by atoms with Gasteiger partial charge in [0.1, 0.15) is 18.2 Å². The summed E-state index contributed by atoms with van der Waals surface area (Å²) in [5, 5.41) is 6.25. The van der Waals surface area contributed by atoms with Gasteiger partial charge in [0.25, 0.3) is 5.91 Å². The zero-order chi connectivity index (χ0) is 21.2. The van der Waals surface area contributed by atoms with Crippen LogP contribution in [0.3, 0.4) is 0 Å². The highest BCUT2D eigenvalue weighted by atomic mass is 19.1. The van der Waals surface area contributed by atoms with Crippen LogP contribution in [0.1, 0.15) is 27.9 Å². The van der Waals surface area contributed by atoms with Crippen LogP contribution in [-0.4, -0.2) is 24.0 Å². The molecule has 0 radical (unpaired) electrons. The van der Waals surface area contributed by atoms with E-state index in [2.05, 4.69) is 27.8 Å². The molecule has 0 saturated carbocycles. The van der Waals surface area contributed by atoms with Gasteiger partial charge in [-0.25, -0.2) is 4.39 Å². The molecule has 156 valence electrons. The van der Waals surface area contributed by atoms with Gasteiger partial charge < -0.3 is 15.4 Å². The summed E-state index contributed by atoms with van der Waals surface area (Å²) in [5.41, 5.74) is 5.80. The van der Waals surface area contributed by atoms with Crippen molar-refractivity contribution in [2.24, 2.45) is 0 Å². The first-order valence-electron chi connectivity index (χ1n) is 10.4. The van der Waals surface area contributed by atoms with E-state index in [1.807, 2.05) is 30.5 Å². The maximum Gasteiger partial charge on any atom is 0.260 e. The predicted octanol–water partition coefficient (Wildman–Crippen LogP) is 3.95. The molecule has 0 aliphatic carbocycles. The number of nitrogens with one attached hydrogen (secondary N) is 2. The maximum absolute atomic E-state index is 13.8. The van der Waals surface area contributed by atoms with Crippen molar-refractivity contribution in [2.75, 3.05) is 18.4 Å². The van der Waals surface area contributed by atoms with Crippen molar-refractivity contribution in [3.05, 3.63) is 94.6 Å². The number of carbonyl (C=O) groups is 1. The van der Waals surface area contributed by atoms with Crippen LogP contribution < -0.4 is 10.6 Å². The largest absolute Gasteiger partial charge is 0.487 e. The minimum absolute atomic E-state index is 0.260. The monoisotopic (exact) mass is 415 g/mol. The molecular weight excluding hydrogens is 393 g/mol. The zero-order valence-corrected chi connectivity index (χ0v) is 17.0. The van der Waals surface area contributed by atoms with Crippen molar-refractivity contribution < 1.29 is 13.9 Å². The third-order valence-corrected chi connectivity index (χ3v) is 5.61. The van der Waals surface area contributed by atoms with Gasteiger partial charge in [-0.15, -0.1) is 0 Å². The van der Waals surface area contributed by atoms with Crippen molar-refractivity contribution in [1.29, 1.82) is 0 Å². The van der Waals surface area contributed by atoms with E-state index in [-0.39, 0.29) is 11.7 Å². The Morgan fingerprint density at radius 3 is 2.81 bits per heavy atom. The Balaban J connectivity index is 1.27. The average molecular weight is 415 g/mol. The fraction of sp³-hybridized carbons (Fsp3) is 0.200. The van der Waals surface area contributed by atoms with Gasteiger partial charge in [-0.2, -0.15) is 0 Å². The summed E-state index contributed by atoms with van der Waals surface area (Å²) in [6.07, 6.45) is 3.62. The number of amides is 1. The maximum atomic E-state index is 13.8. The van der Waals surface area contributed by atoms with Gasteiger partial charge in [-0.1, -0.05) is 24.3 Å². The van der Waals surface area contributed by atoms with Crippen molar-refractivity contribution in [3.63, 3.8) is 0 Å². The SMILES string of the molecule is O=C1Nc2ccc(F)cc2/C1=C1\OCc2cc(CCNCCc3ccccn3)ccc21. The Morgan fingerprint density at radius 2 is 1.94 bits per heavy atom. The van der Waals surface area contributed by atoms with Gasteiger partial charge in [0.15, 0.2) is 0 Å². The molecule has 0 unspecified atom stereocenters. The Hall–Kier alpha value is -3.51. The number of hydrogen-bond donors (Lipinski definition) is 2. The summed E-state index contributed by atoms with van der Waals surface area (Å²) in [7, 11) is 0. The minimum Gasteiger partial charge on any atom is -0.487 e. The van der Waals surface area contributed by atoms with Crippen LogP contribution in [0.25, 0.3) is 11.3 Å². The molecule has 2 aromatic carbocycles. The molecule has 0 saturated heterocycles. The number of rotatable bonds is 6. The lowest BCUT2D eigenvalue weighted by molar-refractivity contribution is -0.110. The van der Waals surface area contributed by atoms with Crippen LogP contribution in [0.4, 0.5) is 10.1 Å². The van der Waals surface area contributed by atoms with Crippen LogP contribution in [0, 0.1) is 5.82 Å². The number of carbonyl (C=O) groups excluding carboxylic acids is 1. The summed E-state index contributed by atoms with van der Waals surface area (Å²) in [5.74, 6) is -0.112. The van der Waals surface area contributed by atoms with E-state index in [1.54, 1.807) is 6.07 Å². The topological polar surface area (TPSA) is 63.2 Å². The van der Waals surface area contributed by atoms with Gasteiger partial charge in [-0.05, 0) is 48.9 Å². The van der Waals surface area contributed by atoms with Crippen molar-refractivity contribution in [2.45, 2.75) is 19.4 Å². The average Bonchev–Trinajstić information content (AvgIpc) is 3.33. The summed E-state index contributed by atoms with van der Waals surface area (Å²) < 4.78 is 19.7. The standard InChI is InChI=1S/C25H22FN3O2/c26-18-5-7-22-21(14-18)23(25(30)29-22)24-20-6-4-16(13-17(20)15-31-24)8-11-27-12-9-19-3-1-2-10-28-19/h1-7,10,13-14,27H,8-9,11-12,15H2,(H,29,30)/b24-23+. The molecule has 2 aliphatic heterocycles. The molecule has 5 nitrogen and oxygen atoms in total. The van der Waals surface area contributed by atoms with E-state index in [9.17, 15) is 9.18 Å². The molecule has 1 amide bonds. The summed E-state index contributed by atoms with van der Waals surface area (Å²) in [4.78, 5) is 16.9. The molecule has 6 heteroatoms. The summed E-state index contributed by atoms with van der Waals surface area (Å²) in [6.45, 7) is 2.16. The fourth-order valence-electron chi connectivity index (χ4n) is 4.06. The summed E-state index contributed by atoms with van der Waals surface area (Å²) in [6, 6.07) is 16.4. The second kappa shape index (κ2) is 8.32. The lowest BCUT2D eigenvalue weighted by atomic mass is 9.98. The van der Waals surface area contributed by atoms with E-state index < -0.39 is 0 Å². The Kier molecular flexibility index (Phi) is 5.22. The molecule has 2 aliphatic rings. The highest BCUT2D eigenvalue weighted by Crippen LogP contribution is 2.41. The molecule has 2 N–H and O–H groups in total. The van der Waals surface area contributed by atoms with E-state index in [1.165, 1.54) is 17.7 Å². The van der Waals surface area contributed by atoms with Crippen molar-refractivity contribution in [3.8, 4) is 0 Å². The van der Waals surface area contributed by atoms with E-state index in [0.29, 0.717) is 29.2 Å². The molecular formula is C25H22FN3O2. The van der Waals surface area contributed by atoms with Crippen LogP contribution in [0.15, 0.2) is 60.8 Å². The van der Waals surface area contributed by atoms with Crippen molar-refractivity contribution in [1.82, 2.24) is 10.3 Å². The van der Waals surface area contributed by atoms with Gasteiger partial charge in [-0.3, -0.25) is 9.78 Å². The van der Waals surface area contributed by atoms with Gasteiger partial charge >= 0.3 is 0 Å². The minimum atomic E-state index is -0.377. The number of pyridine rings is 1. The Labute approximate surface area is 180 Å². The number of nitrogens with zero attached hydrogens (tertiary/aromatic N) is 1. The van der Waals surface area contributed by atoms with E-state index >= 15 is 0 Å². The first kappa shape index (κ1) is 19.5. The molecule has 0 bridgehead atoms. The van der Waals surface area contributed by atoms with Crippen LogP contribution in [0.2, 0.25) is 0 Å². The quantitative estimate of drug-likeness (QED) is 0.473. The molecule has 31 heavy (non-hydrogen) atoms. The first-order chi connectivity index (χ1) is 15.2. The number of hydrogen-bond acceptors (Lipinski definition) is 4. The first-order valence-corrected chi connectivity index (χ1v) is 10.4. The second-order valence-corrected chi connectivity index (χ2v) is 7.70. The molecule has 3 heterocycles. The molecule has 3 aromatic rings. The number of benzene rings is 2. The van der Waals surface area contributed by atoms with Gasteiger partial charge in [0, 0.05) is 47.2 Å². The number of halogens is 1.